The van der Waals surface area contributed by atoms with E-state index in [4.69, 9.17) is 27.9 Å². The third-order valence-corrected chi connectivity index (χ3v) is 5.33. The number of carbonyl (C=O) groups is 1. The molecule has 0 atom stereocenters. The van der Waals surface area contributed by atoms with Gasteiger partial charge in [-0.1, -0.05) is 53.5 Å². The van der Waals surface area contributed by atoms with E-state index in [2.05, 4.69) is 5.32 Å². The van der Waals surface area contributed by atoms with Crippen molar-refractivity contribution in [2.75, 3.05) is 5.32 Å². The molecule has 1 aliphatic heterocycles. The molecule has 1 N–H and O–H groups in total. The van der Waals surface area contributed by atoms with Crippen LogP contribution in [0, 0.1) is 0 Å². The SMILES string of the molecule is O=C1Nc2cc(C(F)(F)F)ccc2/C1=C/c1ccccc1OCc1ccc(Cl)cc1Cl. The van der Waals surface area contributed by atoms with Crippen LogP contribution in [0.4, 0.5) is 18.9 Å². The maximum atomic E-state index is 13.0. The molecule has 0 saturated carbocycles. The minimum Gasteiger partial charge on any atom is -0.488 e. The second-order valence-corrected chi connectivity index (χ2v) is 7.68. The number of benzene rings is 3. The number of carbonyl (C=O) groups excluding carboxylic acids is 1. The summed E-state index contributed by atoms with van der Waals surface area (Å²) in [6, 6.07) is 15.3. The van der Waals surface area contributed by atoms with Gasteiger partial charge >= 0.3 is 6.18 Å². The number of alkyl halides is 3. The molecule has 0 aromatic heterocycles. The number of anilines is 1. The van der Waals surface area contributed by atoms with Crippen molar-refractivity contribution in [1.82, 2.24) is 0 Å². The van der Waals surface area contributed by atoms with Gasteiger partial charge in [-0.25, -0.2) is 0 Å². The van der Waals surface area contributed by atoms with Gasteiger partial charge in [0.25, 0.3) is 5.91 Å². The van der Waals surface area contributed by atoms with Crippen LogP contribution in [0.25, 0.3) is 11.6 Å². The highest BCUT2D eigenvalue weighted by Crippen LogP contribution is 2.39. The van der Waals surface area contributed by atoms with E-state index in [1.807, 2.05) is 0 Å². The molecule has 3 nitrogen and oxygen atoms in total. The number of ether oxygens (including phenoxy) is 1. The Labute approximate surface area is 186 Å². The van der Waals surface area contributed by atoms with Gasteiger partial charge in [-0.3, -0.25) is 4.79 Å². The van der Waals surface area contributed by atoms with Gasteiger partial charge in [0, 0.05) is 38.0 Å². The number of hydrogen-bond donors (Lipinski definition) is 1. The maximum absolute atomic E-state index is 13.0. The summed E-state index contributed by atoms with van der Waals surface area (Å²) in [6.07, 6.45) is -2.90. The Morgan fingerprint density at radius 1 is 1.00 bits per heavy atom. The summed E-state index contributed by atoms with van der Waals surface area (Å²) in [5, 5.41) is 3.47. The third-order valence-electron chi connectivity index (χ3n) is 4.75. The monoisotopic (exact) mass is 463 g/mol. The number of para-hydroxylation sites is 1. The van der Waals surface area contributed by atoms with Crippen LogP contribution >= 0.6 is 23.2 Å². The molecule has 0 radical (unpaired) electrons. The first-order chi connectivity index (χ1) is 14.7. The van der Waals surface area contributed by atoms with Gasteiger partial charge in [0.2, 0.25) is 0 Å². The largest absolute Gasteiger partial charge is 0.488 e. The Balaban J connectivity index is 1.64. The minimum atomic E-state index is -4.49. The number of amides is 1. The van der Waals surface area contributed by atoms with Gasteiger partial charge in [-0.2, -0.15) is 13.2 Å². The summed E-state index contributed by atoms with van der Waals surface area (Å²) < 4.78 is 44.8. The quantitative estimate of drug-likeness (QED) is 0.419. The minimum absolute atomic E-state index is 0.123. The molecule has 0 unspecified atom stereocenters. The first kappa shape index (κ1) is 21.3. The Morgan fingerprint density at radius 3 is 2.52 bits per heavy atom. The smallest absolute Gasteiger partial charge is 0.416 e. The van der Waals surface area contributed by atoms with Crippen LogP contribution in [0.15, 0.2) is 60.7 Å². The van der Waals surface area contributed by atoms with E-state index < -0.39 is 17.6 Å². The Morgan fingerprint density at radius 2 is 1.77 bits per heavy atom. The van der Waals surface area contributed by atoms with Gasteiger partial charge in [0.15, 0.2) is 0 Å². The summed E-state index contributed by atoms with van der Waals surface area (Å²) in [5.41, 5.74) is 1.29. The highest BCUT2D eigenvalue weighted by Gasteiger charge is 2.33. The van der Waals surface area contributed by atoms with Crippen LogP contribution in [0.5, 0.6) is 5.75 Å². The normalized spacial score (nSPS) is 14.5. The van der Waals surface area contributed by atoms with Crippen LogP contribution in [0.2, 0.25) is 10.0 Å². The van der Waals surface area contributed by atoms with E-state index in [1.165, 1.54) is 6.07 Å². The molecule has 0 aliphatic carbocycles. The molecule has 0 spiro atoms. The zero-order chi connectivity index (χ0) is 22.2. The Hall–Kier alpha value is -2.96. The van der Waals surface area contributed by atoms with Gasteiger partial charge in [-0.15, -0.1) is 0 Å². The number of hydrogen-bond acceptors (Lipinski definition) is 2. The van der Waals surface area contributed by atoms with Crippen molar-refractivity contribution in [2.45, 2.75) is 12.8 Å². The Kier molecular flexibility index (Phi) is 5.69. The molecular weight excluding hydrogens is 450 g/mol. The molecule has 8 heteroatoms. The van der Waals surface area contributed by atoms with Crippen molar-refractivity contribution >= 4 is 46.4 Å². The second-order valence-electron chi connectivity index (χ2n) is 6.83. The molecule has 31 heavy (non-hydrogen) atoms. The zero-order valence-corrected chi connectivity index (χ0v) is 17.3. The molecule has 3 aromatic rings. The Bertz CT molecular complexity index is 1210. The lowest BCUT2D eigenvalue weighted by Crippen LogP contribution is -2.06. The van der Waals surface area contributed by atoms with E-state index in [-0.39, 0.29) is 17.9 Å². The van der Waals surface area contributed by atoms with Gasteiger partial charge < -0.3 is 10.1 Å². The lowest BCUT2D eigenvalue weighted by Gasteiger charge is -2.11. The van der Waals surface area contributed by atoms with Crippen molar-refractivity contribution < 1.29 is 22.7 Å². The molecular formula is C23H14Cl2F3NO2. The van der Waals surface area contributed by atoms with Crippen molar-refractivity contribution in [1.29, 1.82) is 0 Å². The molecule has 0 fully saturated rings. The van der Waals surface area contributed by atoms with Crippen molar-refractivity contribution in [3.05, 3.63) is 93.0 Å². The molecule has 158 valence electrons. The molecule has 3 aromatic carbocycles. The summed E-state index contributed by atoms with van der Waals surface area (Å²) >= 11 is 12.1. The third kappa shape index (κ3) is 4.55. The topological polar surface area (TPSA) is 38.3 Å². The number of halogens is 5. The van der Waals surface area contributed by atoms with Crippen LogP contribution in [0.3, 0.4) is 0 Å². The first-order valence-corrected chi connectivity index (χ1v) is 9.88. The molecule has 0 saturated heterocycles. The van der Waals surface area contributed by atoms with Crippen LogP contribution in [-0.4, -0.2) is 5.91 Å². The lowest BCUT2D eigenvalue weighted by molar-refractivity contribution is -0.137. The molecule has 1 aliphatic rings. The van der Waals surface area contributed by atoms with E-state index >= 15 is 0 Å². The zero-order valence-electron chi connectivity index (χ0n) is 15.8. The molecule has 1 heterocycles. The maximum Gasteiger partial charge on any atom is 0.416 e. The van der Waals surface area contributed by atoms with E-state index in [0.29, 0.717) is 26.9 Å². The first-order valence-electron chi connectivity index (χ1n) is 9.13. The second kappa shape index (κ2) is 8.29. The fourth-order valence-corrected chi connectivity index (χ4v) is 3.66. The van der Waals surface area contributed by atoms with E-state index in [0.717, 1.165) is 17.7 Å². The summed E-state index contributed by atoms with van der Waals surface area (Å²) in [4.78, 5) is 12.4. The highest BCUT2D eigenvalue weighted by atomic mass is 35.5. The van der Waals surface area contributed by atoms with Crippen LogP contribution < -0.4 is 10.1 Å². The predicted octanol–water partition coefficient (Wildman–Crippen LogP) is 7.08. The predicted molar refractivity (Wildman–Crippen MR) is 115 cm³/mol. The average Bonchev–Trinajstić information content (AvgIpc) is 3.02. The van der Waals surface area contributed by atoms with E-state index in [9.17, 15) is 18.0 Å². The fourth-order valence-electron chi connectivity index (χ4n) is 3.20. The molecule has 1 amide bonds. The van der Waals surface area contributed by atoms with Crippen molar-refractivity contribution in [2.24, 2.45) is 0 Å². The summed E-state index contributed by atoms with van der Waals surface area (Å²) in [5.74, 6) is 0.0130. The van der Waals surface area contributed by atoms with Gasteiger partial charge in [0.05, 0.1) is 5.56 Å². The average molecular weight is 464 g/mol. The summed E-state index contributed by atoms with van der Waals surface area (Å²) in [6.45, 7) is 0.175. The standard InChI is InChI=1S/C23H14Cl2F3NO2/c24-16-7-5-14(19(25)11-16)12-31-21-4-2-1-3-13(21)9-18-17-8-6-15(23(26,27)28)10-20(17)29-22(18)30/h1-11H,12H2,(H,29,30)/b18-9-. The van der Waals surface area contributed by atoms with Crippen LogP contribution in [-0.2, 0) is 17.6 Å². The lowest BCUT2D eigenvalue weighted by atomic mass is 10.0. The van der Waals surface area contributed by atoms with E-state index in [1.54, 1.807) is 48.5 Å². The molecule has 0 bridgehead atoms. The number of rotatable bonds is 4. The number of nitrogens with one attached hydrogen (secondary N) is 1. The fraction of sp³-hybridized carbons (Fsp3) is 0.0870. The van der Waals surface area contributed by atoms with Crippen molar-refractivity contribution in [3.63, 3.8) is 0 Å². The molecule has 4 rings (SSSR count). The highest BCUT2D eigenvalue weighted by molar-refractivity contribution is 6.35. The number of fused-ring (bicyclic) bond motifs is 1. The van der Waals surface area contributed by atoms with Crippen LogP contribution in [0.1, 0.15) is 22.3 Å². The van der Waals surface area contributed by atoms with Crippen molar-refractivity contribution in [3.8, 4) is 5.75 Å². The summed E-state index contributed by atoms with van der Waals surface area (Å²) in [7, 11) is 0. The van der Waals surface area contributed by atoms with Gasteiger partial charge in [-0.05, 0) is 36.4 Å². The van der Waals surface area contributed by atoms with Gasteiger partial charge in [0.1, 0.15) is 12.4 Å².